The van der Waals surface area contributed by atoms with Gasteiger partial charge < -0.3 is 9.64 Å². The second-order valence-electron chi connectivity index (χ2n) is 5.24. The van der Waals surface area contributed by atoms with Crippen molar-refractivity contribution < 1.29 is 9.53 Å². The summed E-state index contributed by atoms with van der Waals surface area (Å²) in [4.78, 5) is 13.5. The molecule has 112 valence electrons. The zero-order chi connectivity index (χ0) is 15.5. The molecule has 0 bridgehead atoms. The largest absolute Gasteiger partial charge is 0.466 e. The van der Waals surface area contributed by atoms with Crippen LogP contribution >= 0.6 is 0 Å². The molecule has 0 saturated heterocycles. The van der Waals surface area contributed by atoms with Crippen LogP contribution in [-0.2, 0) is 22.5 Å². The van der Waals surface area contributed by atoms with E-state index in [1.165, 1.54) is 5.56 Å². The molecule has 4 heteroatoms. The Balaban J connectivity index is 1.75. The molecule has 0 saturated carbocycles. The molecule has 0 spiro atoms. The van der Waals surface area contributed by atoms with Crippen LogP contribution in [0.2, 0.25) is 0 Å². The highest BCUT2D eigenvalue weighted by atomic mass is 16.5. The predicted molar refractivity (Wildman–Crippen MR) is 86.2 cm³/mol. The highest BCUT2D eigenvalue weighted by Gasteiger charge is 2.24. The van der Waals surface area contributed by atoms with E-state index in [0.717, 1.165) is 16.8 Å². The van der Waals surface area contributed by atoms with E-state index >= 15 is 0 Å². The minimum absolute atomic E-state index is 0.212. The van der Waals surface area contributed by atoms with Gasteiger partial charge >= 0.3 is 5.97 Å². The van der Waals surface area contributed by atoms with Crippen LogP contribution in [0.5, 0.6) is 0 Å². The molecular formula is C18H18N2O2. The number of benzene rings is 2. The molecule has 0 radical (unpaired) electrons. The van der Waals surface area contributed by atoms with E-state index in [4.69, 9.17) is 10.1 Å². The van der Waals surface area contributed by atoms with Crippen molar-refractivity contribution in [1.29, 1.82) is 5.41 Å². The first-order valence-electron chi connectivity index (χ1n) is 7.38. The minimum Gasteiger partial charge on any atom is -0.466 e. The summed E-state index contributed by atoms with van der Waals surface area (Å²) in [6, 6.07) is 15.7. The Bertz CT molecular complexity index is 707. The van der Waals surface area contributed by atoms with Crippen LogP contribution in [0.15, 0.2) is 48.5 Å². The van der Waals surface area contributed by atoms with Gasteiger partial charge in [0.2, 0.25) is 0 Å². The molecule has 1 N–H and O–H groups in total. The number of esters is 1. The van der Waals surface area contributed by atoms with Crippen molar-refractivity contribution in [2.24, 2.45) is 0 Å². The quantitative estimate of drug-likeness (QED) is 0.881. The number of fused-ring (bicyclic) bond motifs is 1. The maximum absolute atomic E-state index is 11.5. The van der Waals surface area contributed by atoms with Gasteiger partial charge in [-0.15, -0.1) is 0 Å². The third kappa shape index (κ3) is 2.72. The molecule has 0 amide bonds. The summed E-state index contributed by atoms with van der Waals surface area (Å²) in [6.07, 6.45) is 0.284. The number of anilines is 1. The van der Waals surface area contributed by atoms with Gasteiger partial charge in [0.1, 0.15) is 5.84 Å². The Morgan fingerprint density at radius 2 is 1.91 bits per heavy atom. The van der Waals surface area contributed by atoms with E-state index in [0.29, 0.717) is 19.0 Å². The van der Waals surface area contributed by atoms with Crippen molar-refractivity contribution in [3.8, 4) is 0 Å². The minimum atomic E-state index is -0.212. The molecule has 2 aromatic carbocycles. The Morgan fingerprint density at radius 1 is 1.18 bits per heavy atom. The van der Waals surface area contributed by atoms with E-state index < -0.39 is 0 Å². The van der Waals surface area contributed by atoms with Gasteiger partial charge in [0.25, 0.3) is 0 Å². The maximum atomic E-state index is 11.5. The predicted octanol–water partition coefficient (Wildman–Crippen LogP) is 3.14. The number of hydrogen-bond acceptors (Lipinski definition) is 3. The molecule has 1 heterocycles. The van der Waals surface area contributed by atoms with Gasteiger partial charge in [-0.25, -0.2) is 0 Å². The van der Waals surface area contributed by atoms with E-state index in [1.54, 1.807) is 6.92 Å². The van der Waals surface area contributed by atoms with Crippen LogP contribution in [0.1, 0.15) is 23.6 Å². The van der Waals surface area contributed by atoms with Gasteiger partial charge in [-0.05, 0) is 30.2 Å². The van der Waals surface area contributed by atoms with E-state index in [1.807, 2.05) is 47.4 Å². The van der Waals surface area contributed by atoms with Gasteiger partial charge in [-0.3, -0.25) is 10.2 Å². The average Bonchev–Trinajstić information content (AvgIpc) is 2.86. The molecule has 4 nitrogen and oxygen atoms in total. The van der Waals surface area contributed by atoms with Crippen LogP contribution in [0.4, 0.5) is 5.69 Å². The zero-order valence-corrected chi connectivity index (χ0v) is 12.5. The van der Waals surface area contributed by atoms with Gasteiger partial charge in [0.15, 0.2) is 0 Å². The lowest BCUT2D eigenvalue weighted by molar-refractivity contribution is -0.142. The Morgan fingerprint density at radius 3 is 2.59 bits per heavy atom. The fourth-order valence-electron chi connectivity index (χ4n) is 2.68. The monoisotopic (exact) mass is 294 g/mol. The molecule has 0 fully saturated rings. The molecular weight excluding hydrogens is 276 g/mol. The summed E-state index contributed by atoms with van der Waals surface area (Å²) in [5, 5.41) is 8.30. The standard InChI is InChI=1S/C18H18N2O2/c1-2-22-17(21)11-13-7-9-15(10-8-13)20-12-14-5-3-4-6-16(14)18(20)19/h3-10,19H,2,11-12H2,1H3. The Labute approximate surface area is 129 Å². The Hall–Kier alpha value is -2.62. The van der Waals surface area contributed by atoms with Crippen LogP contribution < -0.4 is 4.90 Å². The van der Waals surface area contributed by atoms with Crippen molar-refractivity contribution in [1.82, 2.24) is 0 Å². The maximum Gasteiger partial charge on any atom is 0.310 e. The summed E-state index contributed by atoms with van der Waals surface area (Å²) >= 11 is 0. The molecule has 22 heavy (non-hydrogen) atoms. The second-order valence-corrected chi connectivity index (χ2v) is 5.24. The fourth-order valence-corrected chi connectivity index (χ4v) is 2.68. The zero-order valence-electron chi connectivity index (χ0n) is 12.5. The molecule has 0 aliphatic carbocycles. The van der Waals surface area contributed by atoms with Crippen LogP contribution in [-0.4, -0.2) is 18.4 Å². The number of rotatable bonds is 4. The van der Waals surface area contributed by atoms with Crippen LogP contribution in [0.3, 0.4) is 0 Å². The van der Waals surface area contributed by atoms with E-state index in [9.17, 15) is 4.79 Å². The summed E-state index contributed by atoms with van der Waals surface area (Å²) in [6.45, 7) is 2.92. The second kappa shape index (κ2) is 6.02. The number of hydrogen-bond donors (Lipinski definition) is 1. The first-order valence-corrected chi connectivity index (χ1v) is 7.38. The lowest BCUT2D eigenvalue weighted by atomic mass is 10.1. The lowest BCUT2D eigenvalue weighted by Gasteiger charge is -2.18. The summed E-state index contributed by atoms with van der Waals surface area (Å²) in [5.41, 5.74) is 4.04. The van der Waals surface area contributed by atoms with E-state index in [2.05, 4.69) is 6.07 Å². The number of ether oxygens (including phenoxy) is 1. The van der Waals surface area contributed by atoms with Crippen LogP contribution in [0.25, 0.3) is 0 Å². The molecule has 1 aliphatic heterocycles. The topological polar surface area (TPSA) is 53.4 Å². The fraction of sp³-hybridized carbons (Fsp3) is 0.222. The molecule has 3 rings (SSSR count). The lowest BCUT2D eigenvalue weighted by Crippen LogP contribution is -2.23. The molecule has 1 aliphatic rings. The molecule has 0 atom stereocenters. The summed E-state index contributed by atoms with van der Waals surface area (Å²) in [7, 11) is 0. The molecule has 2 aromatic rings. The normalized spacial score (nSPS) is 13.1. The van der Waals surface area contributed by atoms with Crippen molar-refractivity contribution in [2.45, 2.75) is 19.9 Å². The van der Waals surface area contributed by atoms with Crippen molar-refractivity contribution in [3.63, 3.8) is 0 Å². The SMILES string of the molecule is CCOC(=O)Cc1ccc(N2Cc3ccccc3C2=N)cc1. The number of nitrogens with one attached hydrogen (secondary N) is 1. The van der Waals surface area contributed by atoms with Gasteiger partial charge in [-0.1, -0.05) is 36.4 Å². The van der Waals surface area contributed by atoms with Gasteiger partial charge in [0.05, 0.1) is 19.6 Å². The number of amidine groups is 1. The molecule has 0 aromatic heterocycles. The third-order valence-electron chi connectivity index (χ3n) is 3.77. The van der Waals surface area contributed by atoms with Gasteiger partial charge in [0, 0.05) is 11.3 Å². The van der Waals surface area contributed by atoms with Crippen molar-refractivity contribution >= 4 is 17.5 Å². The van der Waals surface area contributed by atoms with Crippen LogP contribution in [0, 0.1) is 5.41 Å². The number of carbonyl (C=O) groups excluding carboxylic acids is 1. The summed E-state index contributed by atoms with van der Waals surface area (Å²) < 4.78 is 4.95. The first kappa shape index (κ1) is 14.3. The Kier molecular flexibility index (Phi) is 3.92. The summed E-state index contributed by atoms with van der Waals surface area (Å²) in [5.74, 6) is 0.310. The highest BCUT2D eigenvalue weighted by molar-refractivity contribution is 6.11. The smallest absolute Gasteiger partial charge is 0.310 e. The third-order valence-corrected chi connectivity index (χ3v) is 3.77. The highest BCUT2D eigenvalue weighted by Crippen LogP contribution is 2.28. The van der Waals surface area contributed by atoms with E-state index in [-0.39, 0.29) is 12.4 Å². The van der Waals surface area contributed by atoms with Crippen molar-refractivity contribution in [2.75, 3.05) is 11.5 Å². The average molecular weight is 294 g/mol. The first-order chi connectivity index (χ1) is 10.7. The molecule has 0 unspecified atom stereocenters. The van der Waals surface area contributed by atoms with Gasteiger partial charge in [-0.2, -0.15) is 0 Å². The van der Waals surface area contributed by atoms with Crippen molar-refractivity contribution in [3.05, 3.63) is 65.2 Å². The number of carbonyl (C=O) groups is 1. The number of nitrogens with zero attached hydrogens (tertiary/aromatic N) is 1.